The molecule has 1 rings (SSSR count). The largest absolute Gasteiger partial charge is 0.519 e. The number of hydrogen-bond donors (Lipinski definition) is 0. The van der Waals surface area contributed by atoms with E-state index in [1.807, 2.05) is 25.2 Å². The van der Waals surface area contributed by atoms with Crippen LogP contribution in [0.4, 0.5) is 0 Å². The Hall–Kier alpha value is -0.223. The molecule has 0 radical (unpaired) electrons. The molecule has 0 aliphatic rings. The van der Waals surface area contributed by atoms with Gasteiger partial charge in [0.15, 0.2) is 0 Å². The van der Waals surface area contributed by atoms with Gasteiger partial charge in [0.1, 0.15) is 5.75 Å². The average Bonchev–Trinajstić information content (AvgIpc) is 2.25. The third kappa shape index (κ3) is 4.88. The second kappa shape index (κ2) is 6.64. The standard InChI is InChI=1S/C12H18Cl2O2Si/c1-4-5-9-15-17(2,3)16-11-8-6-7-10(13)12(11)14/h6-8H,4-5,9H2,1-3H3. The van der Waals surface area contributed by atoms with Gasteiger partial charge in [-0.05, 0) is 31.6 Å². The fourth-order valence-electron chi connectivity index (χ4n) is 1.32. The zero-order valence-corrected chi connectivity index (χ0v) is 12.9. The second-order valence-corrected chi connectivity index (χ2v) is 8.33. The lowest BCUT2D eigenvalue weighted by atomic mass is 10.3. The highest BCUT2D eigenvalue weighted by atomic mass is 35.5. The summed E-state index contributed by atoms with van der Waals surface area (Å²) in [6.07, 6.45) is 2.16. The molecule has 0 atom stereocenters. The Morgan fingerprint density at radius 1 is 1.24 bits per heavy atom. The average molecular weight is 293 g/mol. The van der Waals surface area contributed by atoms with Crippen molar-refractivity contribution < 1.29 is 8.85 Å². The van der Waals surface area contributed by atoms with Crippen LogP contribution in [0, 0.1) is 0 Å². The van der Waals surface area contributed by atoms with E-state index in [1.54, 1.807) is 6.07 Å². The number of halogens is 2. The highest BCUT2D eigenvalue weighted by Gasteiger charge is 2.27. The van der Waals surface area contributed by atoms with Crippen molar-refractivity contribution in [3.63, 3.8) is 0 Å². The predicted molar refractivity (Wildman–Crippen MR) is 75.4 cm³/mol. The molecule has 0 aliphatic heterocycles. The van der Waals surface area contributed by atoms with Gasteiger partial charge < -0.3 is 8.85 Å². The fraction of sp³-hybridized carbons (Fsp3) is 0.500. The van der Waals surface area contributed by atoms with Crippen LogP contribution in [0.15, 0.2) is 18.2 Å². The molecule has 0 unspecified atom stereocenters. The van der Waals surface area contributed by atoms with E-state index in [-0.39, 0.29) is 0 Å². The van der Waals surface area contributed by atoms with Crippen LogP contribution in [-0.4, -0.2) is 15.2 Å². The monoisotopic (exact) mass is 292 g/mol. The van der Waals surface area contributed by atoms with Crippen molar-refractivity contribution in [2.75, 3.05) is 6.61 Å². The molecule has 0 heterocycles. The van der Waals surface area contributed by atoms with Gasteiger partial charge in [0.25, 0.3) is 0 Å². The van der Waals surface area contributed by atoms with Crippen molar-refractivity contribution in [3.05, 3.63) is 28.2 Å². The summed E-state index contributed by atoms with van der Waals surface area (Å²) in [5.41, 5.74) is 0. The Balaban J connectivity index is 2.65. The van der Waals surface area contributed by atoms with Crippen molar-refractivity contribution in [3.8, 4) is 5.75 Å². The van der Waals surface area contributed by atoms with E-state index in [4.69, 9.17) is 32.1 Å². The maximum atomic E-state index is 6.07. The van der Waals surface area contributed by atoms with Crippen LogP contribution in [0.2, 0.25) is 23.1 Å². The second-order valence-electron chi connectivity index (χ2n) is 4.26. The van der Waals surface area contributed by atoms with Crippen LogP contribution in [0.1, 0.15) is 19.8 Å². The Morgan fingerprint density at radius 2 is 1.94 bits per heavy atom. The van der Waals surface area contributed by atoms with Crippen LogP contribution in [-0.2, 0) is 4.43 Å². The molecule has 0 bridgehead atoms. The quantitative estimate of drug-likeness (QED) is 0.549. The summed E-state index contributed by atoms with van der Waals surface area (Å²) in [4.78, 5) is 0. The molecule has 0 saturated carbocycles. The van der Waals surface area contributed by atoms with Crippen molar-refractivity contribution in [1.29, 1.82) is 0 Å². The van der Waals surface area contributed by atoms with E-state index in [0.29, 0.717) is 15.8 Å². The fourth-order valence-corrected chi connectivity index (χ4v) is 3.11. The first-order valence-electron chi connectivity index (χ1n) is 5.73. The smallest absolute Gasteiger partial charge is 0.392 e. The lowest BCUT2D eigenvalue weighted by Gasteiger charge is -2.24. The summed E-state index contributed by atoms with van der Waals surface area (Å²) < 4.78 is 11.6. The Labute approximate surface area is 114 Å². The normalized spacial score (nSPS) is 11.6. The zero-order valence-electron chi connectivity index (χ0n) is 10.4. The van der Waals surface area contributed by atoms with E-state index in [9.17, 15) is 0 Å². The molecule has 0 spiro atoms. The number of benzene rings is 1. The summed E-state index contributed by atoms with van der Waals surface area (Å²) in [6, 6.07) is 5.37. The molecule has 1 aromatic rings. The SMILES string of the molecule is CCCCO[Si](C)(C)Oc1cccc(Cl)c1Cl. The van der Waals surface area contributed by atoms with Crippen LogP contribution >= 0.6 is 23.2 Å². The third-order valence-electron chi connectivity index (χ3n) is 2.22. The number of rotatable bonds is 6. The van der Waals surface area contributed by atoms with Gasteiger partial charge in [-0.2, -0.15) is 0 Å². The van der Waals surface area contributed by atoms with Crippen molar-refractivity contribution in [1.82, 2.24) is 0 Å². The van der Waals surface area contributed by atoms with Gasteiger partial charge in [-0.15, -0.1) is 0 Å². The van der Waals surface area contributed by atoms with E-state index in [0.717, 1.165) is 19.4 Å². The Kier molecular flexibility index (Phi) is 5.80. The van der Waals surface area contributed by atoms with Crippen LogP contribution < -0.4 is 4.43 Å². The minimum absolute atomic E-state index is 0.453. The van der Waals surface area contributed by atoms with Gasteiger partial charge in [0.05, 0.1) is 10.0 Å². The lowest BCUT2D eigenvalue weighted by molar-refractivity contribution is 0.243. The van der Waals surface area contributed by atoms with Gasteiger partial charge >= 0.3 is 8.56 Å². The molecule has 1 aromatic carbocycles. The summed E-state index contributed by atoms with van der Waals surface area (Å²) in [7, 11) is -2.18. The molecule has 0 aromatic heterocycles. The van der Waals surface area contributed by atoms with E-state index in [2.05, 4.69) is 6.92 Å². The van der Waals surface area contributed by atoms with Gasteiger partial charge in [0, 0.05) is 6.61 Å². The minimum atomic E-state index is -2.18. The predicted octanol–water partition coefficient (Wildman–Crippen LogP) is 4.89. The molecule has 0 amide bonds. The number of unbranched alkanes of at least 4 members (excludes halogenated alkanes) is 1. The third-order valence-corrected chi connectivity index (χ3v) is 4.63. The summed E-state index contributed by atoms with van der Waals surface area (Å²) in [6.45, 7) is 6.86. The maximum absolute atomic E-state index is 6.07. The summed E-state index contributed by atoms with van der Waals surface area (Å²) in [5, 5.41) is 0.955. The van der Waals surface area contributed by atoms with E-state index >= 15 is 0 Å². The molecule has 17 heavy (non-hydrogen) atoms. The van der Waals surface area contributed by atoms with E-state index in [1.165, 1.54) is 0 Å². The Bertz CT molecular complexity index is 370. The van der Waals surface area contributed by atoms with Crippen LogP contribution in [0.25, 0.3) is 0 Å². The van der Waals surface area contributed by atoms with Crippen LogP contribution in [0.3, 0.4) is 0 Å². The molecular formula is C12H18Cl2O2Si. The van der Waals surface area contributed by atoms with Crippen molar-refractivity contribution in [2.45, 2.75) is 32.9 Å². The van der Waals surface area contributed by atoms with Crippen LogP contribution in [0.5, 0.6) is 5.75 Å². The molecule has 2 nitrogen and oxygen atoms in total. The first-order chi connectivity index (χ1) is 7.96. The number of hydrogen-bond acceptors (Lipinski definition) is 2. The molecule has 96 valence electrons. The Morgan fingerprint density at radius 3 is 2.59 bits per heavy atom. The minimum Gasteiger partial charge on any atom is -0.519 e. The first kappa shape index (κ1) is 14.8. The summed E-state index contributed by atoms with van der Waals surface area (Å²) >= 11 is 12.0. The van der Waals surface area contributed by atoms with Gasteiger partial charge in [0.2, 0.25) is 0 Å². The molecule has 0 aliphatic carbocycles. The molecule has 0 fully saturated rings. The molecule has 0 saturated heterocycles. The van der Waals surface area contributed by atoms with Crippen molar-refractivity contribution >= 4 is 31.8 Å². The molecular weight excluding hydrogens is 275 g/mol. The zero-order chi connectivity index (χ0) is 12.9. The maximum Gasteiger partial charge on any atom is 0.392 e. The van der Waals surface area contributed by atoms with Gasteiger partial charge in [-0.1, -0.05) is 42.6 Å². The topological polar surface area (TPSA) is 18.5 Å². The van der Waals surface area contributed by atoms with Crippen molar-refractivity contribution in [2.24, 2.45) is 0 Å². The first-order valence-corrected chi connectivity index (χ1v) is 9.30. The van der Waals surface area contributed by atoms with Gasteiger partial charge in [-0.25, -0.2) is 0 Å². The molecule has 5 heteroatoms. The summed E-state index contributed by atoms with van der Waals surface area (Å²) in [5.74, 6) is 0.604. The molecule has 0 N–H and O–H groups in total. The highest BCUT2D eigenvalue weighted by Crippen LogP contribution is 2.33. The lowest BCUT2D eigenvalue weighted by Crippen LogP contribution is -2.38. The highest BCUT2D eigenvalue weighted by molar-refractivity contribution is 6.65. The van der Waals surface area contributed by atoms with E-state index < -0.39 is 8.56 Å². The van der Waals surface area contributed by atoms with Gasteiger partial charge in [-0.3, -0.25) is 0 Å².